The number of allylic oxidation sites excluding steroid dienone is 3. The number of hydrogen-bond donors (Lipinski definition) is 1. The molecule has 0 heterocycles. The van der Waals surface area contributed by atoms with E-state index >= 15 is 0 Å². The van der Waals surface area contributed by atoms with Crippen molar-refractivity contribution in [3.63, 3.8) is 0 Å². The van der Waals surface area contributed by atoms with Gasteiger partial charge in [-0.05, 0) is 91.9 Å². The number of hydrogen-bond acceptors (Lipinski definition) is 1. The summed E-state index contributed by atoms with van der Waals surface area (Å²) in [6, 6.07) is 0. The predicted octanol–water partition coefficient (Wildman–Crippen LogP) is 8.01. The Balaban J connectivity index is 1.65. The third-order valence-corrected chi connectivity index (χ3v) is 8.54. The summed E-state index contributed by atoms with van der Waals surface area (Å²) < 4.78 is 0. The van der Waals surface area contributed by atoms with E-state index in [-0.39, 0.29) is 6.10 Å². The average molecular weight is 399 g/mol. The van der Waals surface area contributed by atoms with Gasteiger partial charge < -0.3 is 5.11 Å². The molecule has 3 aliphatic rings. The summed E-state index contributed by atoms with van der Waals surface area (Å²) in [6.07, 6.45) is 18.3. The second-order valence-electron chi connectivity index (χ2n) is 12.0. The van der Waals surface area contributed by atoms with Gasteiger partial charge in [-0.1, -0.05) is 77.3 Å². The molecule has 3 saturated carbocycles. The molecule has 0 bridgehead atoms. The summed E-state index contributed by atoms with van der Waals surface area (Å²) >= 11 is 0. The van der Waals surface area contributed by atoms with Gasteiger partial charge in [0.05, 0.1) is 6.10 Å². The minimum absolute atomic E-state index is 0.324. The van der Waals surface area contributed by atoms with Gasteiger partial charge in [-0.3, -0.25) is 0 Å². The molecule has 29 heavy (non-hydrogen) atoms. The molecule has 3 fully saturated rings. The first-order valence-corrected chi connectivity index (χ1v) is 12.3. The van der Waals surface area contributed by atoms with Crippen LogP contribution in [-0.2, 0) is 0 Å². The molecule has 0 amide bonds. The molecule has 1 nitrogen and oxygen atoms in total. The normalized spacial score (nSPS) is 37.2. The van der Waals surface area contributed by atoms with E-state index in [0.29, 0.717) is 10.8 Å². The molecule has 1 heteroatoms. The molecule has 0 saturated heterocycles. The summed E-state index contributed by atoms with van der Waals surface area (Å²) in [5.41, 5.74) is 5.10. The summed E-state index contributed by atoms with van der Waals surface area (Å²) in [5, 5.41) is 10.1. The lowest BCUT2D eigenvalue weighted by Gasteiger charge is -2.44. The van der Waals surface area contributed by atoms with Crippen LogP contribution in [0.3, 0.4) is 0 Å². The molecule has 1 N–H and O–H groups in total. The van der Waals surface area contributed by atoms with Crippen molar-refractivity contribution in [3.8, 4) is 0 Å². The van der Waals surface area contributed by atoms with E-state index in [0.717, 1.165) is 42.6 Å². The highest BCUT2D eigenvalue weighted by Gasteiger charge is 2.50. The Hall–Kier alpha value is -0.820. The molecule has 0 spiro atoms. The average Bonchev–Trinajstić information content (AvgIpc) is 2.99. The number of aliphatic hydroxyl groups excluding tert-OH is 1. The van der Waals surface area contributed by atoms with Gasteiger partial charge in [0.25, 0.3) is 0 Å². The molecule has 0 aliphatic heterocycles. The van der Waals surface area contributed by atoms with Crippen molar-refractivity contribution in [2.75, 3.05) is 0 Å². The van der Waals surface area contributed by atoms with Gasteiger partial charge in [0.2, 0.25) is 0 Å². The number of aliphatic hydroxyl groups is 1. The Morgan fingerprint density at radius 3 is 2.62 bits per heavy atom. The molecule has 3 aliphatic carbocycles. The molecule has 164 valence electrons. The Morgan fingerprint density at radius 2 is 1.93 bits per heavy atom. The van der Waals surface area contributed by atoms with E-state index < -0.39 is 0 Å². The minimum atomic E-state index is -0.324. The topological polar surface area (TPSA) is 20.2 Å². The van der Waals surface area contributed by atoms with E-state index in [2.05, 4.69) is 53.3 Å². The van der Waals surface area contributed by atoms with Crippen LogP contribution in [0.4, 0.5) is 0 Å². The molecular weight excluding hydrogens is 352 g/mol. The zero-order chi connectivity index (χ0) is 21.2. The standard InChI is InChI=1S/C28H46O/c1-20(9-7-17-27(3,4)5)24-15-16-25-23(10-8-18-28(24,25)6)14-13-22-12-11-21(2)26(29)19-22/h13-14,20,24-26,29H,2,7-12,15-19H2,1,3-6H3/b22-13+,23-14+/t20-,24+,25-,26+,28+/m0/s1. The van der Waals surface area contributed by atoms with Crippen molar-refractivity contribution in [1.82, 2.24) is 0 Å². The van der Waals surface area contributed by atoms with Crippen LogP contribution in [0.5, 0.6) is 0 Å². The largest absolute Gasteiger partial charge is 0.388 e. The van der Waals surface area contributed by atoms with Crippen molar-refractivity contribution < 1.29 is 5.11 Å². The number of fused-ring (bicyclic) bond motifs is 1. The van der Waals surface area contributed by atoms with Crippen LogP contribution >= 0.6 is 0 Å². The van der Waals surface area contributed by atoms with E-state index in [4.69, 9.17) is 0 Å². The quantitative estimate of drug-likeness (QED) is 0.465. The van der Waals surface area contributed by atoms with Crippen LogP contribution in [0.1, 0.15) is 105 Å². The third kappa shape index (κ3) is 5.46. The molecule has 0 aromatic carbocycles. The lowest BCUT2D eigenvalue weighted by atomic mass is 9.60. The third-order valence-electron chi connectivity index (χ3n) is 8.54. The maximum Gasteiger partial charge on any atom is 0.0784 e. The zero-order valence-corrected chi connectivity index (χ0v) is 19.9. The fraction of sp³-hybridized carbons (Fsp3) is 0.786. The van der Waals surface area contributed by atoms with Gasteiger partial charge in [-0.15, -0.1) is 0 Å². The molecule has 0 aromatic rings. The zero-order valence-electron chi connectivity index (χ0n) is 19.9. The van der Waals surface area contributed by atoms with Crippen LogP contribution in [0.25, 0.3) is 0 Å². The second kappa shape index (κ2) is 9.13. The van der Waals surface area contributed by atoms with Crippen LogP contribution in [0.2, 0.25) is 0 Å². The first-order valence-electron chi connectivity index (χ1n) is 12.3. The van der Waals surface area contributed by atoms with Gasteiger partial charge in [-0.2, -0.15) is 0 Å². The van der Waals surface area contributed by atoms with Crippen LogP contribution < -0.4 is 0 Å². The van der Waals surface area contributed by atoms with Crippen LogP contribution in [-0.4, -0.2) is 11.2 Å². The first-order chi connectivity index (χ1) is 13.6. The maximum atomic E-state index is 10.1. The van der Waals surface area contributed by atoms with Crippen LogP contribution in [0.15, 0.2) is 35.5 Å². The highest BCUT2D eigenvalue weighted by molar-refractivity contribution is 5.28. The highest BCUT2D eigenvalue weighted by Crippen LogP contribution is 2.60. The van der Waals surface area contributed by atoms with Gasteiger partial charge in [0.1, 0.15) is 0 Å². The Labute approximate surface area is 180 Å². The lowest BCUT2D eigenvalue weighted by Crippen LogP contribution is -2.36. The smallest absolute Gasteiger partial charge is 0.0784 e. The van der Waals surface area contributed by atoms with Gasteiger partial charge in [0.15, 0.2) is 0 Å². The fourth-order valence-corrected chi connectivity index (χ4v) is 6.73. The van der Waals surface area contributed by atoms with E-state index in [9.17, 15) is 5.11 Å². The maximum absolute atomic E-state index is 10.1. The first kappa shape index (κ1) is 22.9. The summed E-state index contributed by atoms with van der Waals surface area (Å²) in [7, 11) is 0. The minimum Gasteiger partial charge on any atom is -0.388 e. The Morgan fingerprint density at radius 1 is 1.17 bits per heavy atom. The Kier molecular flexibility index (Phi) is 7.19. The SMILES string of the molecule is C=C1CC/C(=C\C=C2/CCC[C@]3(C)[C@@H]([C@@H](C)CCCC(C)(C)C)CC[C@@H]23)C[C@H]1O. The van der Waals surface area contributed by atoms with Crippen LogP contribution in [0, 0.1) is 28.6 Å². The molecular formula is C28H46O. The lowest BCUT2D eigenvalue weighted by molar-refractivity contribution is 0.0920. The fourth-order valence-electron chi connectivity index (χ4n) is 6.73. The van der Waals surface area contributed by atoms with Gasteiger partial charge in [0, 0.05) is 0 Å². The summed E-state index contributed by atoms with van der Waals surface area (Å²) in [4.78, 5) is 0. The summed E-state index contributed by atoms with van der Waals surface area (Å²) in [6.45, 7) is 16.3. The van der Waals surface area contributed by atoms with Crippen molar-refractivity contribution >= 4 is 0 Å². The van der Waals surface area contributed by atoms with E-state index in [1.54, 1.807) is 5.57 Å². The summed E-state index contributed by atoms with van der Waals surface area (Å²) in [5.74, 6) is 2.53. The van der Waals surface area contributed by atoms with E-state index in [1.165, 1.54) is 56.9 Å². The van der Waals surface area contributed by atoms with Gasteiger partial charge >= 0.3 is 0 Å². The number of rotatable bonds is 5. The molecule has 3 rings (SSSR count). The van der Waals surface area contributed by atoms with Crippen molar-refractivity contribution in [3.05, 3.63) is 35.5 Å². The highest BCUT2D eigenvalue weighted by atomic mass is 16.3. The van der Waals surface area contributed by atoms with Gasteiger partial charge in [-0.25, -0.2) is 0 Å². The second-order valence-corrected chi connectivity index (χ2v) is 12.0. The molecule has 5 atom stereocenters. The van der Waals surface area contributed by atoms with Crippen molar-refractivity contribution in [1.29, 1.82) is 0 Å². The van der Waals surface area contributed by atoms with E-state index in [1.807, 2.05) is 0 Å². The van der Waals surface area contributed by atoms with Crippen molar-refractivity contribution in [2.24, 2.45) is 28.6 Å². The molecule has 0 unspecified atom stereocenters. The Bertz CT molecular complexity index is 646. The molecule has 0 radical (unpaired) electrons. The van der Waals surface area contributed by atoms with Crippen molar-refractivity contribution in [2.45, 2.75) is 111 Å². The molecule has 0 aromatic heterocycles. The monoisotopic (exact) mass is 398 g/mol. The predicted molar refractivity (Wildman–Crippen MR) is 126 cm³/mol.